The minimum absolute atomic E-state index is 0.0230. The highest BCUT2D eigenvalue weighted by atomic mass is 32.2. The standard InChI is InChI=1S/C26H38F3N3O3S.C6H11N.C3H8.2C2H6.2CH3F/c1-6-9-24(35-5)23(7-2)30-25(33)14-17-31-15-12-21(13-16-31)32(19(3)4)36(34)22-11-8-10-20(18-22)26(27,28)29;1-4-6(5-2)7-3;1-3-2;4*1-2/h6,8-11,18-19,21H,7,12-17H2,1-5H3,(H,30,33);4-5,7H,1H2,2-3H3;3H2,1-2H3;2*1-2H3;2*1H3/b9-6-,24-23-;6-5+;;;;;. The molecule has 0 bridgehead atoms. The van der Waals surface area contributed by atoms with Crippen molar-refractivity contribution in [1.82, 2.24) is 19.8 Å². The topological polar surface area (TPSA) is 73.9 Å². The molecule has 1 amide bonds. The number of carbonyl (C=O) groups excluding carboxylic acids is 1. The van der Waals surface area contributed by atoms with Crippen molar-refractivity contribution in [3.05, 3.63) is 77.9 Å². The van der Waals surface area contributed by atoms with E-state index in [4.69, 9.17) is 4.74 Å². The first-order chi connectivity index (χ1) is 25.8. The number of halogens is 5. The fourth-order valence-electron chi connectivity index (χ4n) is 4.67. The van der Waals surface area contributed by atoms with E-state index < -0.39 is 22.7 Å². The summed E-state index contributed by atoms with van der Waals surface area (Å²) in [6, 6.07) is 4.63. The van der Waals surface area contributed by atoms with E-state index in [0.29, 0.717) is 39.5 Å². The molecule has 1 saturated heterocycles. The fourth-order valence-corrected chi connectivity index (χ4v) is 6.20. The van der Waals surface area contributed by atoms with Crippen molar-refractivity contribution >= 4 is 16.9 Å². The van der Waals surface area contributed by atoms with Crippen LogP contribution in [0.1, 0.15) is 114 Å². The molecule has 0 radical (unpaired) electrons. The number of nitrogens with zero attached hydrogens (tertiary/aromatic N) is 2. The Hall–Kier alpha value is -3.03. The molecule has 1 aliphatic rings. The SMILES string of the molecule is C/C=C\C(OC)=C(/CC)NC(=O)CCN1CCC(N(C(C)C)S(=O)c2cccc(C(F)(F)F)c2)CC1.C=C/C(=C\C)NC.CC.CC.CCC.CF.CF. The molecule has 0 aromatic heterocycles. The molecule has 1 fully saturated rings. The van der Waals surface area contributed by atoms with Gasteiger partial charge in [-0.15, -0.1) is 0 Å². The molecule has 7 nitrogen and oxygen atoms in total. The molecule has 1 aromatic carbocycles. The van der Waals surface area contributed by atoms with Crippen LogP contribution in [0.3, 0.4) is 0 Å². The highest BCUT2D eigenvalue weighted by molar-refractivity contribution is 7.82. The summed E-state index contributed by atoms with van der Waals surface area (Å²) in [7, 11) is 2.74. The van der Waals surface area contributed by atoms with Crippen LogP contribution in [-0.2, 0) is 26.7 Å². The van der Waals surface area contributed by atoms with E-state index in [1.54, 1.807) is 13.2 Å². The van der Waals surface area contributed by atoms with Gasteiger partial charge >= 0.3 is 6.18 Å². The second kappa shape index (κ2) is 39.7. The Morgan fingerprint density at radius 3 is 1.93 bits per heavy atom. The minimum Gasteiger partial charge on any atom is -0.495 e. The van der Waals surface area contributed by atoms with Crippen LogP contribution >= 0.6 is 0 Å². The van der Waals surface area contributed by atoms with Crippen molar-refractivity contribution < 1.29 is 35.7 Å². The summed E-state index contributed by atoms with van der Waals surface area (Å²) in [6.45, 7) is 27.5. The van der Waals surface area contributed by atoms with Crippen molar-refractivity contribution in [3.8, 4) is 0 Å². The molecule has 2 rings (SSSR count). The Morgan fingerprint density at radius 1 is 1.06 bits per heavy atom. The lowest BCUT2D eigenvalue weighted by atomic mass is 10.0. The molecule has 1 unspecified atom stereocenters. The molecular formula is C41H75F5N4O3S. The van der Waals surface area contributed by atoms with Crippen LogP contribution in [0.4, 0.5) is 22.0 Å². The summed E-state index contributed by atoms with van der Waals surface area (Å²) in [6.07, 6.45) is 6.60. The van der Waals surface area contributed by atoms with Crippen molar-refractivity contribution in [2.75, 3.05) is 48.1 Å². The number of rotatable bonds is 13. The number of piperidine rings is 1. The van der Waals surface area contributed by atoms with E-state index in [0.717, 1.165) is 49.5 Å². The smallest absolute Gasteiger partial charge is 0.416 e. The molecule has 1 aliphatic heterocycles. The Labute approximate surface area is 329 Å². The predicted octanol–water partition coefficient (Wildman–Crippen LogP) is 11.2. The molecule has 2 N–H and O–H groups in total. The summed E-state index contributed by atoms with van der Waals surface area (Å²) in [5.41, 5.74) is 1.01. The number of allylic oxidation sites excluding steroid dienone is 5. The quantitative estimate of drug-likeness (QED) is 0.118. The summed E-state index contributed by atoms with van der Waals surface area (Å²) < 4.78 is 78.9. The molecule has 54 heavy (non-hydrogen) atoms. The lowest BCUT2D eigenvalue weighted by Crippen LogP contribution is -2.48. The van der Waals surface area contributed by atoms with E-state index in [9.17, 15) is 31.0 Å². The van der Waals surface area contributed by atoms with Gasteiger partial charge in [-0.05, 0) is 90.4 Å². The third-order valence-corrected chi connectivity index (χ3v) is 8.69. The van der Waals surface area contributed by atoms with Crippen LogP contribution in [0.2, 0.25) is 0 Å². The number of hydrogen-bond acceptors (Lipinski definition) is 5. The number of likely N-dealkylation sites (N-methyl/N-ethyl adjacent to an activating group) is 1. The fraction of sp³-hybridized carbons (Fsp3) is 0.634. The molecular weight excluding hydrogens is 724 g/mol. The minimum atomic E-state index is -4.48. The first-order valence-electron chi connectivity index (χ1n) is 18.8. The number of benzene rings is 1. The second-order valence-electron chi connectivity index (χ2n) is 10.9. The maximum atomic E-state index is 13.3. The highest BCUT2D eigenvalue weighted by Crippen LogP contribution is 2.31. The number of nitrogens with one attached hydrogen (secondary N) is 2. The van der Waals surface area contributed by atoms with Gasteiger partial charge in [0.15, 0.2) is 0 Å². The Bertz CT molecular complexity index is 1170. The third kappa shape index (κ3) is 26.7. The van der Waals surface area contributed by atoms with Gasteiger partial charge in [-0.25, -0.2) is 8.51 Å². The van der Waals surface area contributed by atoms with Crippen molar-refractivity contribution in [1.29, 1.82) is 0 Å². The molecule has 0 aliphatic carbocycles. The zero-order valence-corrected chi connectivity index (χ0v) is 36.9. The molecule has 0 spiro atoms. The summed E-state index contributed by atoms with van der Waals surface area (Å²) >= 11 is 0. The van der Waals surface area contributed by atoms with E-state index >= 15 is 0 Å². The Morgan fingerprint density at radius 2 is 1.57 bits per heavy atom. The van der Waals surface area contributed by atoms with E-state index in [1.807, 2.05) is 91.9 Å². The van der Waals surface area contributed by atoms with Crippen molar-refractivity contribution in [2.24, 2.45) is 0 Å². The maximum Gasteiger partial charge on any atom is 0.416 e. The first kappa shape index (κ1) is 60.2. The lowest BCUT2D eigenvalue weighted by molar-refractivity contribution is -0.137. The third-order valence-electron chi connectivity index (χ3n) is 6.93. The van der Waals surface area contributed by atoms with Crippen molar-refractivity contribution in [2.45, 2.75) is 131 Å². The highest BCUT2D eigenvalue weighted by Gasteiger charge is 2.34. The zero-order chi connectivity index (χ0) is 43.3. The molecule has 13 heteroatoms. The van der Waals surface area contributed by atoms with Crippen LogP contribution in [0.15, 0.2) is 77.2 Å². The number of carbonyl (C=O) groups is 1. The van der Waals surface area contributed by atoms with Crippen LogP contribution in [-0.4, -0.2) is 79.6 Å². The molecule has 1 atom stereocenters. The number of hydrogen-bond donors (Lipinski definition) is 2. The van der Waals surface area contributed by atoms with Crippen molar-refractivity contribution in [3.63, 3.8) is 0 Å². The van der Waals surface area contributed by atoms with Gasteiger partial charge in [-0.2, -0.15) is 13.2 Å². The largest absolute Gasteiger partial charge is 0.495 e. The number of likely N-dealkylation sites (tertiary alicyclic amines) is 1. The molecule has 318 valence electrons. The average molecular weight is 799 g/mol. The monoisotopic (exact) mass is 799 g/mol. The summed E-state index contributed by atoms with van der Waals surface area (Å²) in [4.78, 5) is 14.9. The van der Waals surface area contributed by atoms with Gasteiger partial charge in [0.25, 0.3) is 0 Å². The van der Waals surface area contributed by atoms with E-state index in [-0.39, 0.29) is 22.9 Å². The van der Waals surface area contributed by atoms with Gasteiger partial charge in [-0.1, -0.05) is 79.7 Å². The van der Waals surface area contributed by atoms with Crippen LogP contribution in [0, 0.1) is 0 Å². The van der Waals surface area contributed by atoms with Crippen LogP contribution in [0.5, 0.6) is 0 Å². The molecule has 1 aromatic rings. The van der Waals surface area contributed by atoms with Gasteiger partial charge in [0, 0.05) is 37.8 Å². The van der Waals surface area contributed by atoms with Gasteiger partial charge < -0.3 is 20.3 Å². The summed E-state index contributed by atoms with van der Waals surface area (Å²) in [5.74, 6) is 0.555. The molecule has 1 heterocycles. The Balaban J connectivity index is -0.000000376. The maximum absolute atomic E-state index is 13.3. The number of amides is 1. The average Bonchev–Trinajstić information content (AvgIpc) is 3.20. The Kier molecular flexibility index (Phi) is 44.2. The molecule has 0 saturated carbocycles. The first-order valence-corrected chi connectivity index (χ1v) is 19.9. The summed E-state index contributed by atoms with van der Waals surface area (Å²) in [5, 5.41) is 5.89. The van der Waals surface area contributed by atoms with Gasteiger partial charge in [0.05, 0.1) is 37.6 Å². The second-order valence-corrected chi connectivity index (χ2v) is 12.3. The zero-order valence-electron chi connectivity index (χ0n) is 36.1. The van der Waals surface area contributed by atoms with Gasteiger partial charge in [0.1, 0.15) is 16.7 Å². The van der Waals surface area contributed by atoms with E-state index in [2.05, 4.69) is 36.0 Å². The number of ether oxygens (including phenoxy) is 1. The lowest BCUT2D eigenvalue weighted by Gasteiger charge is -2.39. The van der Waals surface area contributed by atoms with Crippen LogP contribution < -0.4 is 10.6 Å². The van der Waals surface area contributed by atoms with Gasteiger partial charge in [0.2, 0.25) is 5.91 Å². The number of methoxy groups -OCH3 is 1. The predicted molar refractivity (Wildman–Crippen MR) is 222 cm³/mol. The van der Waals surface area contributed by atoms with Gasteiger partial charge in [-0.3, -0.25) is 13.6 Å². The normalized spacial score (nSPS) is 13.9. The van der Waals surface area contributed by atoms with Crippen LogP contribution in [0.25, 0.3) is 0 Å². The van der Waals surface area contributed by atoms with E-state index in [1.165, 1.54) is 18.6 Å². The number of alkyl halides is 5.